The standard InChI is InChI=1S/C13H10BrIN2O2/c14-10-6-5-9(13(7-10)17(18)19)8-16-12-4-2-1-3-11(12)15/h1-7,16H,8H2. The Morgan fingerprint density at radius 3 is 2.68 bits per heavy atom. The maximum absolute atomic E-state index is 11.0. The van der Waals surface area contributed by atoms with Crippen molar-refractivity contribution in [2.45, 2.75) is 6.54 Å². The van der Waals surface area contributed by atoms with E-state index >= 15 is 0 Å². The summed E-state index contributed by atoms with van der Waals surface area (Å²) in [5, 5.41) is 14.2. The number of nitro groups is 1. The smallest absolute Gasteiger partial charge is 0.275 e. The highest BCUT2D eigenvalue weighted by atomic mass is 127. The van der Waals surface area contributed by atoms with Gasteiger partial charge in [-0.15, -0.1) is 0 Å². The van der Waals surface area contributed by atoms with Crippen LogP contribution in [0.25, 0.3) is 0 Å². The van der Waals surface area contributed by atoms with Gasteiger partial charge in [-0.3, -0.25) is 10.1 Å². The van der Waals surface area contributed by atoms with E-state index in [1.165, 1.54) is 6.07 Å². The van der Waals surface area contributed by atoms with Gasteiger partial charge >= 0.3 is 0 Å². The SMILES string of the molecule is O=[N+]([O-])c1cc(Br)ccc1CNc1ccccc1I. The van der Waals surface area contributed by atoms with Crippen molar-refractivity contribution in [2.75, 3.05) is 5.32 Å². The Morgan fingerprint density at radius 2 is 2.00 bits per heavy atom. The minimum absolute atomic E-state index is 0.118. The van der Waals surface area contributed by atoms with Crippen LogP contribution in [0.5, 0.6) is 0 Å². The van der Waals surface area contributed by atoms with Gasteiger partial charge in [0.25, 0.3) is 5.69 Å². The number of hydrogen-bond acceptors (Lipinski definition) is 3. The van der Waals surface area contributed by atoms with Gasteiger partial charge in [0.1, 0.15) is 0 Å². The minimum atomic E-state index is -0.363. The Kier molecular flexibility index (Phi) is 4.76. The van der Waals surface area contributed by atoms with Crippen LogP contribution in [0.4, 0.5) is 11.4 Å². The van der Waals surface area contributed by atoms with Gasteiger partial charge in [-0.1, -0.05) is 28.1 Å². The number of para-hydroxylation sites is 1. The lowest BCUT2D eigenvalue weighted by Crippen LogP contribution is -2.04. The Morgan fingerprint density at radius 1 is 1.26 bits per heavy atom. The van der Waals surface area contributed by atoms with Crippen molar-refractivity contribution in [3.05, 3.63) is 66.2 Å². The normalized spacial score (nSPS) is 10.2. The first-order valence-corrected chi connectivity index (χ1v) is 7.36. The number of nitrogens with one attached hydrogen (secondary N) is 1. The molecule has 0 aliphatic heterocycles. The van der Waals surface area contributed by atoms with E-state index in [9.17, 15) is 10.1 Å². The van der Waals surface area contributed by atoms with Crippen LogP contribution >= 0.6 is 38.5 Å². The molecule has 19 heavy (non-hydrogen) atoms. The number of nitro benzene ring substituents is 1. The molecule has 98 valence electrons. The summed E-state index contributed by atoms with van der Waals surface area (Å²) in [6, 6.07) is 12.9. The molecule has 0 heterocycles. The van der Waals surface area contributed by atoms with Crippen molar-refractivity contribution in [3.8, 4) is 0 Å². The molecular weight excluding hydrogens is 423 g/mol. The second kappa shape index (κ2) is 6.33. The van der Waals surface area contributed by atoms with E-state index in [0.29, 0.717) is 16.6 Å². The van der Waals surface area contributed by atoms with Crippen molar-refractivity contribution >= 4 is 49.9 Å². The van der Waals surface area contributed by atoms with E-state index in [1.807, 2.05) is 24.3 Å². The molecule has 0 spiro atoms. The molecule has 4 nitrogen and oxygen atoms in total. The fourth-order valence-corrected chi connectivity index (χ4v) is 2.58. The zero-order valence-corrected chi connectivity index (χ0v) is 13.5. The van der Waals surface area contributed by atoms with Crippen molar-refractivity contribution in [1.82, 2.24) is 0 Å². The van der Waals surface area contributed by atoms with Crippen LogP contribution < -0.4 is 5.32 Å². The summed E-state index contributed by atoms with van der Waals surface area (Å²) in [5.41, 5.74) is 1.75. The van der Waals surface area contributed by atoms with E-state index < -0.39 is 0 Å². The van der Waals surface area contributed by atoms with Crippen molar-refractivity contribution in [2.24, 2.45) is 0 Å². The lowest BCUT2D eigenvalue weighted by atomic mass is 10.2. The predicted octanol–water partition coefficient (Wildman–Crippen LogP) is 4.57. The summed E-state index contributed by atoms with van der Waals surface area (Å²) in [5.74, 6) is 0. The molecule has 0 radical (unpaired) electrons. The quantitative estimate of drug-likeness (QED) is 0.437. The lowest BCUT2D eigenvalue weighted by Gasteiger charge is -2.09. The van der Waals surface area contributed by atoms with Crippen LogP contribution in [0, 0.1) is 13.7 Å². The first-order valence-electron chi connectivity index (χ1n) is 5.49. The summed E-state index contributed by atoms with van der Waals surface area (Å²) in [6.45, 7) is 0.420. The van der Waals surface area contributed by atoms with E-state index in [4.69, 9.17) is 0 Å². The van der Waals surface area contributed by atoms with Gasteiger partial charge in [-0.25, -0.2) is 0 Å². The van der Waals surface area contributed by atoms with Crippen molar-refractivity contribution in [3.63, 3.8) is 0 Å². The Balaban J connectivity index is 2.20. The summed E-state index contributed by atoms with van der Waals surface area (Å²) >= 11 is 5.47. The lowest BCUT2D eigenvalue weighted by molar-refractivity contribution is -0.385. The Labute approximate surface area is 132 Å². The number of halogens is 2. The molecule has 0 amide bonds. The monoisotopic (exact) mass is 432 g/mol. The third-order valence-electron chi connectivity index (χ3n) is 2.59. The molecule has 1 N–H and O–H groups in total. The van der Waals surface area contributed by atoms with Gasteiger partial charge < -0.3 is 5.32 Å². The third-order valence-corrected chi connectivity index (χ3v) is 4.02. The Bertz CT molecular complexity index is 619. The molecular formula is C13H10BrIN2O2. The predicted molar refractivity (Wildman–Crippen MR) is 87.3 cm³/mol. The van der Waals surface area contributed by atoms with E-state index in [2.05, 4.69) is 43.8 Å². The van der Waals surface area contributed by atoms with Gasteiger partial charge in [0.2, 0.25) is 0 Å². The molecule has 0 aliphatic rings. The summed E-state index contributed by atoms with van der Waals surface area (Å²) < 4.78 is 1.79. The van der Waals surface area contributed by atoms with Gasteiger partial charge in [0, 0.05) is 31.9 Å². The Hall–Kier alpha value is -1.15. The number of hydrogen-bond donors (Lipinski definition) is 1. The van der Waals surface area contributed by atoms with Crippen molar-refractivity contribution in [1.29, 1.82) is 0 Å². The zero-order chi connectivity index (χ0) is 13.8. The first-order chi connectivity index (χ1) is 9.08. The number of anilines is 1. The molecule has 6 heteroatoms. The molecule has 0 saturated heterocycles. The second-order valence-corrected chi connectivity index (χ2v) is 5.94. The van der Waals surface area contributed by atoms with Gasteiger partial charge in [-0.05, 0) is 46.9 Å². The number of benzene rings is 2. The van der Waals surface area contributed by atoms with Crippen LogP contribution in [-0.2, 0) is 6.54 Å². The van der Waals surface area contributed by atoms with Gasteiger partial charge in [-0.2, -0.15) is 0 Å². The summed E-state index contributed by atoms with van der Waals surface area (Å²) in [7, 11) is 0. The molecule has 2 aromatic rings. The molecule has 0 bridgehead atoms. The highest BCUT2D eigenvalue weighted by Gasteiger charge is 2.13. The van der Waals surface area contributed by atoms with Crippen LogP contribution in [0.2, 0.25) is 0 Å². The van der Waals surface area contributed by atoms with E-state index in [1.54, 1.807) is 12.1 Å². The molecule has 0 saturated carbocycles. The van der Waals surface area contributed by atoms with E-state index in [-0.39, 0.29) is 10.6 Å². The van der Waals surface area contributed by atoms with E-state index in [0.717, 1.165) is 9.26 Å². The van der Waals surface area contributed by atoms with Crippen LogP contribution in [-0.4, -0.2) is 4.92 Å². The maximum atomic E-state index is 11.0. The molecule has 0 atom stereocenters. The average Bonchev–Trinajstić information content (AvgIpc) is 2.38. The number of rotatable bonds is 4. The topological polar surface area (TPSA) is 55.2 Å². The molecule has 0 aromatic heterocycles. The highest BCUT2D eigenvalue weighted by Crippen LogP contribution is 2.25. The molecule has 2 aromatic carbocycles. The maximum Gasteiger partial charge on any atom is 0.275 e. The summed E-state index contributed by atoms with van der Waals surface area (Å²) in [4.78, 5) is 10.6. The largest absolute Gasteiger partial charge is 0.380 e. The fourth-order valence-electron chi connectivity index (χ4n) is 1.65. The molecule has 0 aliphatic carbocycles. The molecule has 0 unspecified atom stereocenters. The second-order valence-electron chi connectivity index (χ2n) is 3.86. The minimum Gasteiger partial charge on any atom is -0.380 e. The number of nitrogens with zero attached hydrogens (tertiary/aromatic N) is 1. The van der Waals surface area contributed by atoms with Crippen LogP contribution in [0.3, 0.4) is 0 Å². The third kappa shape index (κ3) is 3.66. The van der Waals surface area contributed by atoms with Gasteiger partial charge in [0.15, 0.2) is 0 Å². The first kappa shape index (κ1) is 14.3. The average molecular weight is 433 g/mol. The van der Waals surface area contributed by atoms with Crippen LogP contribution in [0.15, 0.2) is 46.9 Å². The molecule has 0 fully saturated rings. The van der Waals surface area contributed by atoms with Gasteiger partial charge in [0.05, 0.1) is 4.92 Å². The summed E-state index contributed by atoms with van der Waals surface area (Å²) in [6.07, 6.45) is 0. The fraction of sp³-hybridized carbons (Fsp3) is 0.0769. The van der Waals surface area contributed by atoms with Crippen molar-refractivity contribution < 1.29 is 4.92 Å². The zero-order valence-electron chi connectivity index (χ0n) is 9.77. The molecule has 2 rings (SSSR count). The highest BCUT2D eigenvalue weighted by molar-refractivity contribution is 14.1. The van der Waals surface area contributed by atoms with Crippen LogP contribution in [0.1, 0.15) is 5.56 Å².